The third kappa shape index (κ3) is 5.90. The average Bonchev–Trinajstić information content (AvgIpc) is 3.75. The van der Waals surface area contributed by atoms with Crippen molar-refractivity contribution in [3.63, 3.8) is 0 Å². The molecule has 4 aliphatic heterocycles. The van der Waals surface area contributed by atoms with Gasteiger partial charge in [-0.2, -0.15) is 0 Å². The number of rotatable bonds is 9. The van der Waals surface area contributed by atoms with Crippen LogP contribution < -0.4 is 0 Å². The maximum atomic E-state index is 12.7. The summed E-state index contributed by atoms with van der Waals surface area (Å²) < 4.78 is 32.2. The van der Waals surface area contributed by atoms with Crippen molar-refractivity contribution in [1.82, 2.24) is 9.80 Å². The lowest BCUT2D eigenvalue weighted by Crippen LogP contribution is -2.60. The van der Waals surface area contributed by atoms with Crippen molar-refractivity contribution in [2.75, 3.05) is 59.2 Å². The molecule has 5 saturated carbocycles. The molecule has 9 nitrogen and oxygen atoms in total. The van der Waals surface area contributed by atoms with Crippen LogP contribution in [0.1, 0.15) is 127 Å². The van der Waals surface area contributed by atoms with Crippen molar-refractivity contribution in [2.24, 2.45) is 56.2 Å². The highest BCUT2D eigenvalue weighted by Gasteiger charge is 2.84. The molecule has 0 amide bonds. The zero-order valence-electron chi connectivity index (χ0n) is 36.1. The highest BCUT2D eigenvalue weighted by molar-refractivity contribution is 5.33. The lowest BCUT2D eigenvalue weighted by Gasteiger charge is -2.64. The normalized spacial score (nSPS) is 50.1. The molecule has 0 aromatic carbocycles. The standard InChI is InChI=1S/C46H78N2O7/c1-10-52-39(41(5,6)50)31-23-29(2)36-37(54-31)38(49)44(9)33-12-11-32-40(3,4)34(13-16-45(32)25-46(33,45)18-17-43(36,44)8)55-35-24-48(21-22-53-35)30-14-19-47(20-15-30)26-42(7)27-51-28-42/h29-39,49-50H,10-28H2,1-9H3/t29-,31-,32+,33+,34+,35+,36+,37+,38+,39+,43-,44-,45-,46+/m1/s1. The molecule has 0 bridgehead atoms. The van der Waals surface area contributed by atoms with E-state index >= 15 is 0 Å². The Morgan fingerprint density at radius 3 is 2.29 bits per heavy atom. The van der Waals surface area contributed by atoms with Crippen molar-refractivity contribution in [3.8, 4) is 0 Å². The Hall–Kier alpha value is -0.360. The summed E-state index contributed by atoms with van der Waals surface area (Å²) in [7, 11) is 0. The van der Waals surface area contributed by atoms with E-state index in [1.807, 2.05) is 20.8 Å². The maximum absolute atomic E-state index is 12.7. The Morgan fingerprint density at radius 2 is 1.62 bits per heavy atom. The van der Waals surface area contributed by atoms with Crippen LogP contribution in [0.4, 0.5) is 0 Å². The fourth-order valence-corrected chi connectivity index (χ4v) is 16.5. The van der Waals surface area contributed by atoms with Gasteiger partial charge in [0.15, 0.2) is 6.29 Å². The predicted molar refractivity (Wildman–Crippen MR) is 212 cm³/mol. The minimum absolute atomic E-state index is 0.0181. The van der Waals surface area contributed by atoms with Gasteiger partial charge >= 0.3 is 0 Å². The van der Waals surface area contributed by atoms with Gasteiger partial charge in [0, 0.05) is 43.1 Å². The maximum Gasteiger partial charge on any atom is 0.170 e. The van der Waals surface area contributed by atoms with Crippen molar-refractivity contribution in [3.05, 3.63) is 0 Å². The van der Waals surface area contributed by atoms with Crippen LogP contribution in [0.5, 0.6) is 0 Å². The van der Waals surface area contributed by atoms with E-state index in [-0.39, 0.29) is 40.8 Å². The van der Waals surface area contributed by atoms with Gasteiger partial charge in [0.25, 0.3) is 0 Å². The number of likely N-dealkylation sites (tertiary alicyclic amines) is 1. The van der Waals surface area contributed by atoms with Crippen LogP contribution in [0.3, 0.4) is 0 Å². The number of fused-ring (bicyclic) bond motifs is 4. The van der Waals surface area contributed by atoms with Crippen LogP contribution in [0.2, 0.25) is 0 Å². The Labute approximate surface area is 333 Å². The second-order valence-electron chi connectivity index (χ2n) is 22.8. The molecule has 4 heterocycles. The number of morpholine rings is 1. The largest absolute Gasteiger partial charge is 0.390 e. The van der Waals surface area contributed by atoms with Gasteiger partial charge in [-0.1, -0.05) is 41.5 Å². The Balaban J connectivity index is 0.872. The second kappa shape index (κ2) is 13.6. The van der Waals surface area contributed by atoms with Crippen molar-refractivity contribution in [1.29, 1.82) is 0 Å². The molecule has 2 spiro atoms. The number of hydrogen-bond acceptors (Lipinski definition) is 9. The third-order valence-electron chi connectivity index (χ3n) is 19.1. The van der Waals surface area contributed by atoms with Gasteiger partial charge < -0.3 is 38.8 Å². The molecule has 0 radical (unpaired) electrons. The first kappa shape index (κ1) is 40.1. The lowest BCUT2D eigenvalue weighted by molar-refractivity contribution is -0.251. The molecule has 0 aromatic heterocycles. The van der Waals surface area contributed by atoms with Crippen LogP contribution in [0.15, 0.2) is 0 Å². The molecule has 5 aliphatic carbocycles. The van der Waals surface area contributed by atoms with E-state index in [0.29, 0.717) is 52.6 Å². The molecule has 314 valence electrons. The smallest absolute Gasteiger partial charge is 0.170 e. The zero-order valence-corrected chi connectivity index (χ0v) is 36.1. The third-order valence-corrected chi connectivity index (χ3v) is 19.1. The number of ether oxygens (including phenoxy) is 5. The molecular weight excluding hydrogens is 693 g/mol. The minimum atomic E-state index is -1.01. The zero-order chi connectivity index (χ0) is 39.0. The van der Waals surface area contributed by atoms with E-state index in [1.54, 1.807) is 0 Å². The first-order valence-electron chi connectivity index (χ1n) is 22.9. The molecular formula is C46H78N2O7. The summed E-state index contributed by atoms with van der Waals surface area (Å²) in [5.41, 5.74) is -0.115. The molecule has 4 saturated heterocycles. The predicted octanol–water partition coefficient (Wildman–Crippen LogP) is 6.52. The molecule has 9 aliphatic rings. The second-order valence-corrected chi connectivity index (χ2v) is 22.8. The quantitative estimate of drug-likeness (QED) is 0.272. The summed E-state index contributed by atoms with van der Waals surface area (Å²) in [6.07, 6.45) is 10.6. The highest BCUT2D eigenvalue weighted by Crippen LogP contribution is 2.89. The summed E-state index contributed by atoms with van der Waals surface area (Å²) in [4.78, 5) is 5.36. The Kier molecular flexibility index (Phi) is 9.89. The van der Waals surface area contributed by atoms with E-state index in [1.165, 1.54) is 71.0 Å². The van der Waals surface area contributed by atoms with E-state index in [0.717, 1.165) is 45.8 Å². The summed E-state index contributed by atoms with van der Waals surface area (Å²) in [5, 5.41) is 23.8. The van der Waals surface area contributed by atoms with E-state index in [9.17, 15) is 10.2 Å². The van der Waals surface area contributed by atoms with Gasteiger partial charge in [0.2, 0.25) is 0 Å². The fourth-order valence-electron chi connectivity index (χ4n) is 16.5. The van der Waals surface area contributed by atoms with Crippen LogP contribution in [-0.2, 0) is 23.7 Å². The van der Waals surface area contributed by atoms with Gasteiger partial charge in [-0.15, -0.1) is 0 Å². The van der Waals surface area contributed by atoms with Crippen molar-refractivity contribution >= 4 is 0 Å². The number of aliphatic hydroxyl groups excluding tert-OH is 1. The number of aliphatic hydroxyl groups is 2. The summed E-state index contributed by atoms with van der Waals surface area (Å²) in [5.74, 6) is 1.84. The molecule has 2 N–H and O–H groups in total. The van der Waals surface area contributed by atoms with Gasteiger partial charge in [-0.05, 0) is 143 Å². The summed E-state index contributed by atoms with van der Waals surface area (Å²) in [6.45, 7) is 29.1. The highest BCUT2D eigenvalue weighted by atomic mass is 16.7. The Bertz CT molecular complexity index is 1420. The summed E-state index contributed by atoms with van der Waals surface area (Å²) in [6, 6.07) is 0.626. The number of piperidine rings is 1. The van der Waals surface area contributed by atoms with Gasteiger partial charge in [0.1, 0.15) is 6.10 Å². The van der Waals surface area contributed by atoms with E-state index in [4.69, 9.17) is 23.7 Å². The summed E-state index contributed by atoms with van der Waals surface area (Å²) >= 11 is 0. The molecule has 0 unspecified atom stereocenters. The molecule has 9 fully saturated rings. The number of hydrogen-bond donors (Lipinski definition) is 2. The molecule has 14 atom stereocenters. The van der Waals surface area contributed by atoms with Gasteiger partial charge in [0.05, 0.1) is 49.8 Å². The molecule has 0 aromatic rings. The van der Waals surface area contributed by atoms with Crippen LogP contribution >= 0.6 is 0 Å². The fraction of sp³-hybridized carbons (Fsp3) is 1.00. The SMILES string of the molecule is CCO[C@@H]([C@H]1C[C@@H](C)[C@H]2[C@H](O1)[C@H](O)[C@@]1(C)[C@@H]3CC[C@H]4C(C)(C)[C@@H](O[C@H]5CN(C6CCN(CC7(C)COC7)CC6)CCO5)CC[C@@]45C[C@@]35CC[C@]21C)C(C)(C)O. The van der Waals surface area contributed by atoms with Crippen molar-refractivity contribution < 1.29 is 33.9 Å². The number of nitrogens with zero attached hydrogens (tertiary/aromatic N) is 2. The minimum Gasteiger partial charge on any atom is -0.390 e. The topological polar surface area (TPSA) is 93.1 Å². The first-order valence-corrected chi connectivity index (χ1v) is 22.9. The van der Waals surface area contributed by atoms with Crippen LogP contribution in [0.25, 0.3) is 0 Å². The van der Waals surface area contributed by atoms with Crippen LogP contribution in [-0.4, -0.2) is 128 Å². The first-order chi connectivity index (χ1) is 25.9. The lowest BCUT2D eigenvalue weighted by atomic mass is 9.41. The van der Waals surface area contributed by atoms with Crippen LogP contribution in [0, 0.1) is 56.2 Å². The van der Waals surface area contributed by atoms with Crippen molar-refractivity contribution in [2.45, 2.75) is 175 Å². The Morgan fingerprint density at radius 1 is 0.909 bits per heavy atom. The molecule has 55 heavy (non-hydrogen) atoms. The van der Waals surface area contributed by atoms with E-state index in [2.05, 4.69) is 51.3 Å². The average molecular weight is 771 g/mol. The molecule has 9 rings (SSSR count). The van der Waals surface area contributed by atoms with E-state index < -0.39 is 17.8 Å². The van der Waals surface area contributed by atoms with Gasteiger partial charge in [-0.25, -0.2) is 0 Å². The molecule has 9 heteroatoms. The van der Waals surface area contributed by atoms with Gasteiger partial charge in [-0.3, -0.25) is 4.90 Å². The monoisotopic (exact) mass is 771 g/mol.